The molecule has 0 spiro atoms. The van der Waals surface area contributed by atoms with Gasteiger partial charge in [0, 0.05) is 12.0 Å². The summed E-state index contributed by atoms with van der Waals surface area (Å²) in [7, 11) is 0. The summed E-state index contributed by atoms with van der Waals surface area (Å²) in [6.45, 7) is 5.47. The van der Waals surface area contributed by atoms with Crippen LogP contribution in [0.4, 0.5) is 0 Å². The van der Waals surface area contributed by atoms with Crippen LogP contribution in [0.5, 0.6) is 11.5 Å². The van der Waals surface area contributed by atoms with E-state index in [0.717, 1.165) is 35.7 Å². The van der Waals surface area contributed by atoms with Gasteiger partial charge in [-0.25, -0.2) is 0 Å². The van der Waals surface area contributed by atoms with Crippen LogP contribution < -0.4 is 15.2 Å². The van der Waals surface area contributed by atoms with Crippen LogP contribution in [0.2, 0.25) is 0 Å². The van der Waals surface area contributed by atoms with E-state index in [0.29, 0.717) is 6.61 Å². The second-order valence-corrected chi connectivity index (χ2v) is 5.42. The van der Waals surface area contributed by atoms with Crippen LogP contribution >= 0.6 is 0 Å². The van der Waals surface area contributed by atoms with E-state index in [2.05, 4.69) is 25.1 Å². The first-order valence-corrected chi connectivity index (χ1v) is 7.43. The van der Waals surface area contributed by atoms with Crippen LogP contribution in [0.1, 0.15) is 35.2 Å². The fourth-order valence-corrected chi connectivity index (χ4v) is 2.78. The molecule has 0 saturated carbocycles. The average Bonchev–Trinajstić information content (AvgIpc) is 2.96. The van der Waals surface area contributed by atoms with Gasteiger partial charge in [0.25, 0.3) is 0 Å². The molecular formula is C18H21NO2. The quantitative estimate of drug-likeness (QED) is 0.935. The highest BCUT2D eigenvalue weighted by molar-refractivity contribution is 5.47. The minimum Gasteiger partial charge on any atom is -0.494 e. The van der Waals surface area contributed by atoms with Crippen molar-refractivity contribution in [2.75, 3.05) is 13.2 Å². The first-order valence-electron chi connectivity index (χ1n) is 7.43. The number of rotatable bonds is 4. The van der Waals surface area contributed by atoms with Gasteiger partial charge in [-0.2, -0.15) is 0 Å². The molecule has 2 N–H and O–H groups in total. The zero-order valence-electron chi connectivity index (χ0n) is 12.6. The molecule has 0 bridgehead atoms. The van der Waals surface area contributed by atoms with Gasteiger partial charge in [0.2, 0.25) is 0 Å². The highest BCUT2D eigenvalue weighted by Gasteiger charge is 2.18. The van der Waals surface area contributed by atoms with E-state index in [4.69, 9.17) is 15.2 Å². The molecule has 1 heterocycles. The van der Waals surface area contributed by atoms with Gasteiger partial charge in [-0.15, -0.1) is 0 Å². The van der Waals surface area contributed by atoms with E-state index in [1.807, 2.05) is 25.1 Å². The molecule has 2 aromatic rings. The Balaban J connectivity index is 1.97. The Labute approximate surface area is 125 Å². The molecule has 1 aliphatic heterocycles. The van der Waals surface area contributed by atoms with Crippen molar-refractivity contribution in [3.8, 4) is 11.5 Å². The number of benzene rings is 2. The fraction of sp³-hybridized carbons (Fsp3) is 0.333. The van der Waals surface area contributed by atoms with Gasteiger partial charge in [-0.1, -0.05) is 29.8 Å². The zero-order valence-corrected chi connectivity index (χ0v) is 12.6. The topological polar surface area (TPSA) is 44.5 Å². The van der Waals surface area contributed by atoms with Crippen molar-refractivity contribution >= 4 is 0 Å². The van der Waals surface area contributed by atoms with Gasteiger partial charge >= 0.3 is 0 Å². The van der Waals surface area contributed by atoms with Crippen LogP contribution in [0.25, 0.3) is 0 Å². The minimum atomic E-state index is -0.183. The molecule has 2 aromatic carbocycles. The lowest BCUT2D eigenvalue weighted by Crippen LogP contribution is -2.14. The molecule has 1 unspecified atom stereocenters. The fourth-order valence-electron chi connectivity index (χ4n) is 2.78. The Morgan fingerprint density at radius 3 is 2.90 bits per heavy atom. The van der Waals surface area contributed by atoms with E-state index in [1.165, 1.54) is 11.1 Å². The highest BCUT2D eigenvalue weighted by Crippen LogP contribution is 2.33. The van der Waals surface area contributed by atoms with Crippen LogP contribution in [0.3, 0.4) is 0 Å². The van der Waals surface area contributed by atoms with Crippen molar-refractivity contribution in [3.63, 3.8) is 0 Å². The van der Waals surface area contributed by atoms with Crippen molar-refractivity contribution in [1.29, 1.82) is 0 Å². The molecule has 0 saturated heterocycles. The van der Waals surface area contributed by atoms with Crippen molar-refractivity contribution in [2.24, 2.45) is 5.73 Å². The first kappa shape index (κ1) is 14.0. The smallest absolute Gasteiger partial charge is 0.124 e. The Hall–Kier alpha value is -2.00. The van der Waals surface area contributed by atoms with E-state index in [-0.39, 0.29) is 6.04 Å². The van der Waals surface area contributed by atoms with Gasteiger partial charge in [-0.3, -0.25) is 0 Å². The van der Waals surface area contributed by atoms with E-state index < -0.39 is 0 Å². The van der Waals surface area contributed by atoms with Gasteiger partial charge in [0.15, 0.2) is 0 Å². The lowest BCUT2D eigenvalue weighted by Gasteiger charge is -2.18. The van der Waals surface area contributed by atoms with Gasteiger partial charge in [0.1, 0.15) is 11.5 Å². The Kier molecular flexibility index (Phi) is 3.84. The van der Waals surface area contributed by atoms with Crippen LogP contribution in [0, 0.1) is 6.92 Å². The summed E-state index contributed by atoms with van der Waals surface area (Å²) in [6, 6.07) is 12.2. The average molecular weight is 283 g/mol. The van der Waals surface area contributed by atoms with Crippen LogP contribution in [-0.2, 0) is 6.42 Å². The SMILES string of the molecule is CCOc1ccc(C)cc1C(N)c1ccc2c(c1)CCO2. The maximum Gasteiger partial charge on any atom is 0.124 e. The van der Waals surface area contributed by atoms with E-state index >= 15 is 0 Å². The standard InChI is InChI=1S/C18H21NO2/c1-3-20-17-6-4-12(2)10-15(17)18(19)14-5-7-16-13(11-14)8-9-21-16/h4-7,10-11,18H,3,8-9,19H2,1-2H3. The summed E-state index contributed by atoms with van der Waals surface area (Å²) in [5.74, 6) is 1.85. The molecule has 0 aliphatic carbocycles. The first-order chi connectivity index (χ1) is 10.2. The van der Waals surface area contributed by atoms with E-state index in [1.54, 1.807) is 0 Å². The van der Waals surface area contributed by atoms with Gasteiger partial charge < -0.3 is 15.2 Å². The molecule has 110 valence electrons. The van der Waals surface area contributed by atoms with Crippen molar-refractivity contribution < 1.29 is 9.47 Å². The molecular weight excluding hydrogens is 262 g/mol. The molecule has 1 aliphatic rings. The largest absolute Gasteiger partial charge is 0.494 e. The second kappa shape index (κ2) is 5.78. The molecule has 3 rings (SSSR count). The maximum atomic E-state index is 6.49. The van der Waals surface area contributed by atoms with Crippen LogP contribution in [0.15, 0.2) is 36.4 Å². The molecule has 0 radical (unpaired) electrons. The summed E-state index contributed by atoms with van der Waals surface area (Å²) in [5, 5.41) is 0. The number of aryl methyl sites for hydroxylation is 1. The van der Waals surface area contributed by atoms with Gasteiger partial charge in [0.05, 0.1) is 19.3 Å². The van der Waals surface area contributed by atoms with Gasteiger partial charge in [-0.05, 0) is 37.1 Å². The lowest BCUT2D eigenvalue weighted by atomic mass is 9.95. The van der Waals surface area contributed by atoms with E-state index in [9.17, 15) is 0 Å². The second-order valence-electron chi connectivity index (χ2n) is 5.42. The molecule has 0 aromatic heterocycles. The molecule has 0 amide bonds. The molecule has 21 heavy (non-hydrogen) atoms. The normalized spacial score (nSPS) is 14.4. The Morgan fingerprint density at radius 2 is 2.10 bits per heavy atom. The molecule has 0 fully saturated rings. The summed E-state index contributed by atoms with van der Waals surface area (Å²) in [4.78, 5) is 0. The predicted molar refractivity (Wildman–Crippen MR) is 84.0 cm³/mol. The molecule has 1 atom stereocenters. The minimum absolute atomic E-state index is 0.183. The zero-order chi connectivity index (χ0) is 14.8. The number of ether oxygens (including phenoxy) is 2. The predicted octanol–water partition coefficient (Wildman–Crippen LogP) is 3.38. The summed E-state index contributed by atoms with van der Waals surface area (Å²) in [6.07, 6.45) is 0.960. The third-order valence-electron chi connectivity index (χ3n) is 3.87. The Morgan fingerprint density at radius 1 is 1.24 bits per heavy atom. The third-order valence-corrected chi connectivity index (χ3v) is 3.87. The summed E-state index contributed by atoms with van der Waals surface area (Å²) >= 11 is 0. The summed E-state index contributed by atoms with van der Waals surface area (Å²) in [5.41, 5.74) is 11.1. The van der Waals surface area contributed by atoms with Crippen LogP contribution in [-0.4, -0.2) is 13.2 Å². The van der Waals surface area contributed by atoms with Crippen molar-refractivity contribution in [2.45, 2.75) is 26.3 Å². The monoisotopic (exact) mass is 283 g/mol. The maximum absolute atomic E-state index is 6.49. The number of fused-ring (bicyclic) bond motifs is 1. The Bertz CT molecular complexity index is 652. The van der Waals surface area contributed by atoms with Crippen molar-refractivity contribution in [1.82, 2.24) is 0 Å². The molecule has 3 nitrogen and oxygen atoms in total. The lowest BCUT2D eigenvalue weighted by molar-refractivity contribution is 0.335. The third kappa shape index (κ3) is 2.74. The van der Waals surface area contributed by atoms with Crippen molar-refractivity contribution in [3.05, 3.63) is 58.7 Å². The molecule has 3 heteroatoms. The summed E-state index contributed by atoms with van der Waals surface area (Å²) < 4.78 is 11.3. The number of hydrogen-bond acceptors (Lipinski definition) is 3. The number of nitrogens with two attached hydrogens (primary N) is 1. The number of hydrogen-bond donors (Lipinski definition) is 1. The highest BCUT2D eigenvalue weighted by atomic mass is 16.5.